The first-order valence-corrected chi connectivity index (χ1v) is 12.1. The molecule has 1 fully saturated rings. The molecule has 1 saturated heterocycles. The van der Waals surface area contributed by atoms with Crippen molar-refractivity contribution in [3.63, 3.8) is 0 Å². The average Bonchev–Trinajstić information content (AvgIpc) is 2.69. The number of carbonyl (C=O) groups is 1. The Balaban J connectivity index is 1.77. The van der Waals surface area contributed by atoms with E-state index in [4.69, 9.17) is 5.11 Å². The number of aliphatic hydroxyl groups excluding tert-OH is 3. The standard InChI is InChI=1S/C24H30O5S/c1-15-6-11-18(24-23(29)22(28)20(25)14-30(24)2)13-19(15)12-17-9-7-16(8-10-17)4-3-5-21(26)27/h3-4,6-11,13,20,22-25,28-30H,5,12,14H2,1-2H3,(H,26,27)/b4-3+/t20-,22-,23-,24+/m1/s1. The molecular formula is C24H30O5S. The van der Waals surface area contributed by atoms with Gasteiger partial charge in [0.1, 0.15) is 6.10 Å². The van der Waals surface area contributed by atoms with Crippen molar-refractivity contribution in [2.75, 3.05) is 12.0 Å². The molecule has 5 nitrogen and oxygen atoms in total. The van der Waals surface area contributed by atoms with Crippen LogP contribution in [0, 0.1) is 6.92 Å². The highest BCUT2D eigenvalue weighted by Gasteiger charge is 2.40. The Bertz CT molecular complexity index is 908. The van der Waals surface area contributed by atoms with E-state index in [0.717, 1.165) is 34.2 Å². The molecule has 0 aromatic heterocycles. The van der Waals surface area contributed by atoms with Crippen LogP contribution in [0.4, 0.5) is 0 Å². The van der Waals surface area contributed by atoms with E-state index in [1.807, 2.05) is 30.3 Å². The van der Waals surface area contributed by atoms with Crippen molar-refractivity contribution >= 4 is 22.9 Å². The van der Waals surface area contributed by atoms with Gasteiger partial charge in [-0.25, -0.2) is 10.9 Å². The third-order valence-electron chi connectivity index (χ3n) is 5.71. The van der Waals surface area contributed by atoms with Crippen LogP contribution in [-0.2, 0) is 11.2 Å². The van der Waals surface area contributed by atoms with Gasteiger partial charge in [0.25, 0.3) is 0 Å². The Labute approximate surface area is 180 Å². The summed E-state index contributed by atoms with van der Waals surface area (Å²) in [7, 11) is -0.642. The second-order valence-corrected chi connectivity index (χ2v) is 10.5. The largest absolute Gasteiger partial charge is 0.481 e. The number of thiol groups is 1. The molecule has 6 heteroatoms. The molecule has 0 bridgehead atoms. The lowest BCUT2D eigenvalue weighted by atomic mass is 9.93. The molecule has 2 aromatic carbocycles. The molecule has 5 atom stereocenters. The summed E-state index contributed by atoms with van der Waals surface area (Å²) in [6, 6.07) is 14.2. The zero-order valence-corrected chi connectivity index (χ0v) is 18.2. The molecule has 0 radical (unpaired) electrons. The molecule has 30 heavy (non-hydrogen) atoms. The lowest BCUT2D eigenvalue weighted by molar-refractivity contribution is -0.135. The molecule has 0 spiro atoms. The summed E-state index contributed by atoms with van der Waals surface area (Å²) in [4.78, 5) is 10.6. The summed E-state index contributed by atoms with van der Waals surface area (Å²) >= 11 is 0. The number of aliphatic hydroxyl groups is 3. The van der Waals surface area contributed by atoms with Crippen molar-refractivity contribution in [2.45, 2.75) is 43.3 Å². The molecule has 0 saturated carbocycles. The first-order chi connectivity index (χ1) is 14.3. The Kier molecular flexibility index (Phi) is 7.36. The second kappa shape index (κ2) is 9.79. The first kappa shape index (κ1) is 22.6. The predicted molar refractivity (Wildman–Crippen MR) is 122 cm³/mol. The maximum Gasteiger partial charge on any atom is 0.307 e. The van der Waals surface area contributed by atoms with E-state index in [0.29, 0.717) is 5.75 Å². The van der Waals surface area contributed by atoms with E-state index in [1.165, 1.54) is 0 Å². The Hall–Kier alpha value is -2.12. The van der Waals surface area contributed by atoms with Gasteiger partial charge in [-0.1, -0.05) is 54.6 Å². The lowest BCUT2D eigenvalue weighted by Gasteiger charge is -2.42. The van der Waals surface area contributed by atoms with Crippen LogP contribution in [0.1, 0.15) is 39.5 Å². The van der Waals surface area contributed by atoms with Crippen LogP contribution in [-0.4, -0.2) is 56.7 Å². The highest BCUT2D eigenvalue weighted by atomic mass is 32.2. The summed E-state index contributed by atoms with van der Waals surface area (Å²) in [5.74, 6) is -0.322. The molecule has 1 aliphatic heterocycles. The zero-order valence-electron chi connectivity index (χ0n) is 17.3. The third kappa shape index (κ3) is 5.32. The van der Waals surface area contributed by atoms with E-state index in [2.05, 4.69) is 25.3 Å². The monoisotopic (exact) mass is 430 g/mol. The summed E-state index contributed by atoms with van der Waals surface area (Å²) in [6.07, 6.45) is 3.32. The van der Waals surface area contributed by atoms with Crippen LogP contribution < -0.4 is 0 Å². The predicted octanol–water partition coefficient (Wildman–Crippen LogP) is 2.84. The summed E-state index contributed by atoms with van der Waals surface area (Å²) < 4.78 is 0. The van der Waals surface area contributed by atoms with Crippen molar-refractivity contribution in [3.8, 4) is 0 Å². The summed E-state index contributed by atoms with van der Waals surface area (Å²) in [5.41, 5.74) is 5.44. The van der Waals surface area contributed by atoms with Gasteiger partial charge in [0.2, 0.25) is 0 Å². The van der Waals surface area contributed by atoms with Gasteiger partial charge in [0.05, 0.1) is 18.6 Å². The second-order valence-electron chi connectivity index (χ2n) is 8.04. The molecule has 0 aliphatic carbocycles. The van der Waals surface area contributed by atoms with E-state index in [9.17, 15) is 20.1 Å². The fraction of sp³-hybridized carbons (Fsp3) is 0.375. The highest BCUT2D eigenvalue weighted by molar-refractivity contribution is 8.16. The maximum atomic E-state index is 10.6. The van der Waals surface area contributed by atoms with Crippen molar-refractivity contribution in [1.82, 2.24) is 0 Å². The third-order valence-corrected chi connectivity index (χ3v) is 8.21. The van der Waals surface area contributed by atoms with Crippen molar-refractivity contribution in [3.05, 3.63) is 76.4 Å². The zero-order chi connectivity index (χ0) is 21.8. The molecule has 1 heterocycles. The van der Waals surface area contributed by atoms with Crippen LogP contribution in [0.2, 0.25) is 0 Å². The minimum absolute atomic E-state index is 0.00640. The van der Waals surface area contributed by atoms with Gasteiger partial charge in [-0.2, -0.15) is 0 Å². The minimum atomic E-state index is -1.11. The normalized spacial score (nSPS) is 28.0. The number of aliphatic carboxylic acids is 1. The van der Waals surface area contributed by atoms with E-state index >= 15 is 0 Å². The number of hydrogen-bond donors (Lipinski definition) is 5. The molecule has 1 aliphatic rings. The van der Waals surface area contributed by atoms with Crippen molar-refractivity contribution in [1.29, 1.82) is 0 Å². The van der Waals surface area contributed by atoms with E-state index in [-0.39, 0.29) is 11.7 Å². The fourth-order valence-electron chi connectivity index (χ4n) is 3.97. The Morgan fingerprint density at radius 3 is 2.47 bits per heavy atom. The van der Waals surface area contributed by atoms with E-state index < -0.39 is 35.2 Å². The lowest BCUT2D eigenvalue weighted by Crippen LogP contribution is -2.47. The highest BCUT2D eigenvalue weighted by Crippen LogP contribution is 2.48. The number of aryl methyl sites for hydroxylation is 1. The number of benzene rings is 2. The number of carboxylic acid groups (broad SMARTS) is 1. The quantitative estimate of drug-likeness (QED) is 0.454. The molecule has 162 valence electrons. The van der Waals surface area contributed by atoms with Crippen LogP contribution in [0.3, 0.4) is 0 Å². The molecule has 2 aromatic rings. The van der Waals surface area contributed by atoms with Gasteiger partial charge in [0.15, 0.2) is 0 Å². The van der Waals surface area contributed by atoms with Gasteiger partial charge in [-0.15, -0.1) is 0 Å². The van der Waals surface area contributed by atoms with Gasteiger partial charge < -0.3 is 20.4 Å². The summed E-state index contributed by atoms with van der Waals surface area (Å²) in [6.45, 7) is 2.06. The topological polar surface area (TPSA) is 98.0 Å². The Morgan fingerprint density at radius 2 is 1.80 bits per heavy atom. The number of rotatable bonds is 6. The Morgan fingerprint density at radius 1 is 1.10 bits per heavy atom. The average molecular weight is 431 g/mol. The number of hydrogen-bond acceptors (Lipinski definition) is 4. The minimum Gasteiger partial charge on any atom is -0.481 e. The van der Waals surface area contributed by atoms with Crippen LogP contribution in [0.15, 0.2) is 48.5 Å². The molecule has 3 rings (SSSR count). The van der Waals surface area contributed by atoms with Crippen LogP contribution >= 0.6 is 10.9 Å². The van der Waals surface area contributed by atoms with Gasteiger partial charge >= 0.3 is 5.97 Å². The SMILES string of the molecule is Cc1ccc([C@H]2[C@H](O)[C@H](O)[C@H](O)C[SH]2C)cc1Cc1ccc(/C=C/CC(=O)O)cc1. The molecule has 4 N–H and O–H groups in total. The first-order valence-electron chi connectivity index (χ1n) is 10.1. The van der Waals surface area contributed by atoms with Crippen molar-refractivity contribution in [2.24, 2.45) is 0 Å². The number of carboxylic acids is 1. The van der Waals surface area contributed by atoms with Crippen molar-refractivity contribution < 1.29 is 25.2 Å². The fourth-order valence-corrected chi connectivity index (χ4v) is 6.37. The van der Waals surface area contributed by atoms with Gasteiger partial charge in [0, 0.05) is 11.0 Å². The maximum absolute atomic E-state index is 10.6. The van der Waals surface area contributed by atoms with Crippen LogP contribution in [0.5, 0.6) is 0 Å². The molecule has 0 amide bonds. The molecular weight excluding hydrogens is 400 g/mol. The van der Waals surface area contributed by atoms with Gasteiger partial charge in [-0.3, -0.25) is 4.79 Å². The summed E-state index contributed by atoms with van der Waals surface area (Å²) in [5, 5.41) is 39.2. The molecule has 1 unspecified atom stereocenters. The van der Waals surface area contributed by atoms with E-state index in [1.54, 1.807) is 12.2 Å². The smallest absolute Gasteiger partial charge is 0.307 e. The van der Waals surface area contributed by atoms with Gasteiger partial charge in [-0.05, 0) is 47.4 Å². The van der Waals surface area contributed by atoms with Crippen LogP contribution in [0.25, 0.3) is 6.08 Å².